The fourth-order valence-electron chi connectivity index (χ4n) is 5.26. The van der Waals surface area contributed by atoms with Gasteiger partial charge in [-0.25, -0.2) is 0 Å². The van der Waals surface area contributed by atoms with E-state index in [0.29, 0.717) is 31.1 Å². The molecule has 1 saturated heterocycles. The molecule has 0 aromatic heterocycles. The zero-order valence-corrected chi connectivity index (χ0v) is 19.8. The van der Waals surface area contributed by atoms with Gasteiger partial charge in [-0.15, -0.1) is 0 Å². The van der Waals surface area contributed by atoms with Crippen molar-refractivity contribution in [3.8, 4) is 28.7 Å². The van der Waals surface area contributed by atoms with E-state index in [1.54, 1.807) is 24.3 Å². The number of benzene rings is 3. The van der Waals surface area contributed by atoms with Crippen molar-refractivity contribution in [2.45, 2.75) is 12.5 Å². The van der Waals surface area contributed by atoms with Gasteiger partial charge < -0.3 is 24.4 Å². The summed E-state index contributed by atoms with van der Waals surface area (Å²) in [5.74, 6) is 2.49. The van der Waals surface area contributed by atoms with Crippen LogP contribution in [0.4, 0.5) is 4.39 Å². The molecule has 0 bridgehead atoms. The molecule has 0 radical (unpaired) electrons. The first-order valence-corrected chi connectivity index (χ1v) is 12.3. The molecule has 3 aromatic carbocycles. The van der Waals surface area contributed by atoms with Crippen LogP contribution >= 0.6 is 0 Å². The van der Waals surface area contributed by atoms with Crippen LogP contribution in [-0.4, -0.2) is 54.6 Å². The lowest BCUT2D eigenvalue weighted by Gasteiger charge is -2.37. The molecular weight excluding hydrogens is 461 g/mol. The lowest BCUT2D eigenvalue weighted by Crippen LogP contribution is -2.49. The second-order valence-corrected chi connectivity index (χ2v) is 9.55. The number of halogens is 1. The minimum atomic E-state index is -0.424. The number of ether oxygens (including phenoxy) is 3. The first-order chi connectivity index (χ1) is 17.6. The summed E-state index contributed by atoms with van der Waals surface area (Å²) in [6.07, 6.45) is 0.246. The molecule has 3 heterocycles. The summed E-state index contributed by atoms with van der Waals surface area (Å²) >= 11 is 0. The molecule has 3 aromatic rings. The minimum Gasteiger partial charge on any atom is -0.508 e. The molecule has 3 aliphatic rings. The molecule has 3 aliphatic heterocycles. The van der Waals surface area contributed by atoms with E-state index in [2.05, 4.69) is 4.90 Å². The Morgan fingerprint density at radius 1 is 0.917 bits per heavy atom. The smallest absolute Gasteiger partial charge is 0.150 e. The van der Waals surface area contributed by atoms with Crippen LogP contribution in [0.5, 0.6) is 28.7 Å². The lowest BCUT2D eigenvalue weighted by molar-refractivity contribution is 0.0668. The zero-order chi connectivity index (χ0) is 24.6. The van der Waals surface area contributed by atoms with Crippen LogP contribution in [0, 0.1) is 5.92 Å². The molecular formula is C29H28FNO5. The zero-order valence-electron chi connectivity index (χ0n) is 19.8. The van der Waals surface area contributed by atoms with Gasteiger partial charge in [0.1, 0.15) is 41.5 Å². The number of aromatic hydroxyl groups is 2. The molecule has 186 valence electrons. The van der Waals surface area contributed by atoms with E-state index in [9.17, 15) is 14.6 Å². The fourth-order valence-corrected chi connectivity index (χ4v) is 5.26. The number of nitrogens with zero attached hydrogens (tertiary/aromatic N) is 1. The van der Waals surface area contributed by atoms with Gasteiger partial charge in [-0.05, 0) is 47.5 Å². The monoisotopic (exact) mass is 489 g/mol. The van der Waals surface area contributed by atoms with Crippen molar-refractivity contribution in [1.29, 1.82) is 0 Å². The maximum atomic E-state index is 12.6. The summed E-state index contributed by atoms with van der Waals surface area (Å²) in [6, 6.07) is 18.2. The molecule has 0 spiro atoms. The normalized spacial score (nSPS) is 19.2. The van der Waals surface area contributed by atoms with Crippen molar-refractivity contribution >= 4 is 11.1 Å². The van der Waals surface area contributed by atoms with Gasteiger partial charge in [0.25, 0.3) is 0 Å². The van der Waals surface area contributed by atoms with Crippen LogP contribution in [0.1, 0.15) is 29.2 Å². The largest absolute Gasteiger partial charge is 0.508 e. The summed E-state index contributed by atoms with van der Waals surface area (Å²) in [5, 5.41) is 20.1. The Bertz CT molecular complexity index is 1300. The number of alkyl halides is 1. The second kappa shape index (κ2) is 9.39. The van der Waals surface area contributed by atoms with Crippen molar-refractivity contribution in [3.05, 3.63) is 77.4 Å². The predicted molar refractivity (Wildman–Crippen MR) is 134 cm³/mol. The van der Waals surface area contributed by atoms with Gasteiger partial charge in [0.2, 0.25) is 0 Å². The number of rotatable bonds is 6. The quantitative estimate of drug-likeness (QED) is 0.496. The highest BCUT2D eigenvalue weighted by Gasteiger charge is 2.34. The van der Waals surface area contributed by atoms with Gasteiger partial charge in [0.05, 0.1) is 13.3 Å². The first kappa shape index (κ1) is 22.7. The van der Waals surface area contributed by atoms with Crippen molar-refractivity contribution in [2.24, 2.45) is 5.92 Å². The van der Waals surface area contributed by atoms with E-state index in [1.165, 1.54) is 0 Å². The number of hydrogen-bond acceptors (Lipinski definition) is 6. The molecule has 0 saturated carbocycles. The summed E-state index contributed by atoms with van der Waals surface area (Å²) in [7, 11) is 0. The lowest BCUT2D eigenvalue weighted by atomic mass is 9.84. The Morgan fingerprint density at radius 2 is 1.64 bits per heavy atom. The molecule has 2 N–H and O–H groups in total. The second-order valence-electron chi connectivity index (χ2n) is 9.55. The van der Waals surface area contributed by atoms with Gasteiger partial charge >= 0.3 is 0 Å². The fraction of sp³-hybridized carbons (Fsp3) is 0.310. The van der Waals surface area contributed by atoms with Crippen molar-refractivity contribution in [1.82, 2.24) is 4.90 Å². The number of fused-ring (bicyclic) bond motifs is 4. The third-order valence-corrected chi connectivity index (χ3v) is 7.10. The third kappa shape index (κ3) is 4.24. The first-order valence-electron chi connectivity index (χ1n) is 12.3. The third-order valence-electron chi connectivity index (χ3n) is 7.10. The van der Waals surface area contributed by atoms with Crippen LogP contribution in [0.15, 0.2) is 60.7 Å². The van der Waals surface area contributed by atoms with Crippen LogP contribution in [0.2, 0.25) is 0 Å². The summed E-state index contributed by atoms with van der Waals surface area (Å²) in [5.41, 5.74) is 4.86. The van der Waals surface area contributed by atoms with Gasteiger partial charge in [0, 0.05) is 60.8 Å². The van der Waals surface area contributed by atoms with E-state index >= 15 is 0 Å². The standard InChI is InChI=1S/C29H28FNO5/c30-15-18-16-31(17-18)10-12-34-22-5-1-19(2-6-22)29-28-24(23-7-3-21(33)14-27(23)36-29)9-11-35-26-13-20(32)4-8-25(26)28/h1-8,13-14,18,29,32-33H,9-12,15-17H2. The molecule has 6 nitrogen and oxygen atoms in total. The summed E-state index contributed by atoms with van der Waals surface area (Å²) in [6.45, 7) is 3.16. The van der Waals surface area contributed by atoms with E-state index in [4.69, 9.17) is 14.2 Å². The Kier molecular flexibility index (Phi) is 5.93. The Morgan fingerprint density at radius 3 is 2.39 bits per heavy atom. The Balaban J connectivity index is 1.29. The topological polar surface area (TPSA) is 71.4 Å². The highest BCUT2D eigenvalue weighted by Crippen LogP contribution is 2.51. The minimum absolute atomic E-state index is 0.149. The van der Waals surface area contributed by atoms with Crippen LogP contribution < -0.4 is 14.2 Å². The van der Waals surface area contributed by atoms with E-state index in [0.717, 1.165) is 53.2 Å². The van der Waals surface area contributed by atoms with Gasteiger partial charge in [-0.1, -0.05) is 12.1 Å². The highest BCUT2D eigenvalue weighted by molar-refractivity contribution is 5.98. The van der Waals surface area contributed by atoms with Gasteiger partial charge in [-0.3, -0.25) is 9.29 Å². The number of hydrogen-bond donors (Lipinski definition) is 2. The van der Waals surface area contributed by atoms with E-state index in [-0.39, 0.29) is 24.1 Å². The van der Waals surface area contributed by atoms with Crippen LogP contribution in [0.3, 0.4) is 0 Å². The highest BCUT2D eigenvalue weighted by atomic mass is 19.1. The Hall–Kier alpha value is -3.71. The molecule has 6 rings (SSSR count). The van der Waals surface area contributed by atoms with Crippen molar-refractivity contribution in [3.63, 3.8) is 0 Å². The number of likely N-dealkylation sites (tertiary alicyclic amines) is 1. The van der Waals surface area contributed by atoms with E-state index < -0.39 is 6.10 Å². The predicted octanol–water partition coefficient (Wildman–Crippen LogP) is 5.20. The Labute approximate surface area is 209 Å². The molecule has 1 atom stereocenters. The average molecular weight is 490 g/mol. The SMILES string of the molecule is Oc1ccc2c(c1)OC(c1ccc(OCCN3CC(CF)C3)cc1)C1=C2CCOc2cc(O)ccc21. The molecule has 0 amide bonds. The summed E-state index contributed by atoms with van der Waals surface area (Å²) < 4.78 is 31.0. The molecule has 1 unspecified atom stereocenters. The molecule has 0 aliphatic carbocycles. The van der Waals surface area contributed by atoms with Gasteiger partial charge in [-0.2, -0.15) is 0 Å². The van der Waals surface area contributed by atoms with Crippen molar-refractivity contribution < 1.29 is 28.8 Å². The average Bonchev–Trinajstić information content (AvgIpc) is 3.04. The maximum absolute atomic E-state index is 12.6. The van der Waals surface area contributed by atoms with Gasteiger partial charge in [0.15, 0.2) is 0 Å². The van der Waals surface area contributed by atoms with Crippen LogP contribution in [-0.2, 0) is 0 Å². The van der Waals surface area contributed by atoms with E-state index in [1.807, 2.05) is 36.4 Å². The molecule has 1 fully saturated rings. The summed E-state index contributed by atoms with van der Waals surface area (Å²) in [4.78, 5) is 2.19. The van der Waals surface area contributed by atoms with Crippen molar-refractivity contribution in [2.75, 3.05) is 39.5 Å². The molecule has 7 heteroatoms. The maximum Gasteiger partial charge on any atom is 0.150 e. The number of phenols is 2. The molecule has 36 heavy (non-hydrogen) atoms. The van der Waals surface area contributed by atoms with Crippen LogP contribution in [0.25, 0.3) is 11.1 Å². The number of phenolic OH excluding ortho intramolecular Hbond substituents is 2.